The van der Waals surface area contributed by atoms with Crippen LogP contribution >= 0.6 is 0 Å². The van der Waals surface area contributed by atoms with Crippen LogP contribution in [0.4, 0.5) is 22.0 Å². The van der Waals surface area contributed by atoms with Gasteiger partial charge in [-0.2, -0.15) is 0 Å². The minimum Gasteiger partial charge on any atom is -0.394 e. The van der Waals surface area contributed by atoms with Gasteiger partial charge in [-0.3, -0.25) is 4.79 Å². The van der Waals surface area contributed by atoms with Gasteiger partial charge in [-0.05, 0) is 12.8 Å². The van der Waals surface area contributed by atoms with E-state index in [1.807, 2.05) is 0 Å². The average Bonchev–Trinajstić information content (AvgIpc) is 2.91. The number of rotatable bonds is 2. The maximum Gasteiger partial charge on any atom is 0.260 e. The number of benzene rings is 1. The molecular formula is C12H10F5NO2. The maximum absolute atomic E-state index is 13.5. The Morgan fingerprint density at radius 2 is 1.55 bits per heavy atom. The molecule has 1 N–H and O–H groups in total. The van der Waals surface area contributed by atoms with Gasteiger partial charge >= 0.3 is 0 Å². The zero-order valence-electron chi connectivity index (χ0n) is 10.1. The summed E-state index contributed by atoms with van der Waals surface area (Å²) >= 11 is 0. The maximum atomic E-state index is 13.5. The lowest BCUT2D eigenvalue weighted by Gasteiger charge is -2.23. The van der Waals surface area contributed by atoms with Crippen LogP contribution in [-0.2, 0) is 0 Å². The van der Waals surface area contributed by atoms with E-state index in [2.05, 4.69) is 0 Å². The minimum atomic E-state index is -2.31. The van der Waals surface area contributed by atoms with Crippen LogP contribution in [0.25, 0.3) is 0 Å². The number of carbonyl (C=O) groups excluding carboxylic acids is 1. The van der Waals surface area contributed by atoms with Crippen molar-refractivity contribution < 1.29 is 31.9 Å². The van der Waals surface area contributed by atoms with Crippen LogP contribution < -0.4 is 0 Å². The smallest absolute Gasteiger partial charge is 0.260 e. The second kappa shape index (κ2) is 5.35. The van der Waals surface area contributed by atoms with Crippen LogP contribution in [0.3, 0.4) is 0 Å². The molecule has 2 rings (SSSR count). The van der Waals surface area contributed by atoms with E-state index in [1.54, 1.807) is 0 Å². The molecule has 1 aliphatic heterocycles. The first-order valence-corrected chi connectivity index (χ1v) is 5.83. The van der Waals surface area contributed by atoms with Gasteiger partial charge in [0.1, 0.15) is 5.56 Å². The molecule has 3 nitrogen and oxygen atoms in total. The fraction of sp³-hybridized carbons (Fsp3) is 0.417. The number of nitrogens with zero attached hydrogens (tertiary/aromatic N) is 1. The van der Waals surface area contributed by atoms with Crippen molar-refractivity contribution in [2.45, 2.75) is 18.9 Å². The molecule has 20 heavy (non-hydrogen) atoms. The van der Waals surface area contributed by atoms with Crippen LogP contribution in [0.5, 0.6) is 0 Å². The Bertz CT molecular complexity index is 534. The molecule has 0 unspecified atom stereocenters. The monoisotopic (exact) mass is 295 g/mol. The molecule has 0 aromatic heterocycles. The third-order valence-corrected chi connectivity index (χ3v) is 3.27. The Morgan fingerprint density at radius 3 is 2.05 bits per heavy atom. The van der Waals surface area contributed by atoms with Gasteiger partial charge in [0.25, 0.3) is 5.91 Å². The Labute approximate surface area is 110 Å². The number of hydrogen-bond donors (Lipinski definition) is 1. The van der Waals surface area contributed by atoms with E-state index < -0.39 is 53.2 Å². The molecular weight excluding hydrogens is 285 g/mol. The zero-order chi connectivity index (χ0) is 15.0. The van der Waals surface area contributed by atoms with Crippen LogP contribution in [0, 0.1) is 29.1 Å². The Hall–Kier alpha value is -1.70. The summed E-state index contributed by atoms with van der Waals surface area (Å²) < 4.78 is 66.0. The first-order valence-electron chi connectivity index (χ1n) is 5.83. The highest BCUT2D eigenvalue weighted by Gasteiger charge is 2.36. The third-order valence-electron chi connectivity index (χ3n) is 3.27. The van der Waals surface area contributed by atoms with Crippen molar-refractivity contribution in [2.24, 2.45) is 0 Å². The Kier molecular flexibility index (Phi) is 3.94. The zero-order valence-corrected chi connectivity index (χ0v) is 10.1. The molecule has 1 saturated heterocycles. The highest BCUT2D eigenvalue weighted by molar-refractivity contribution is 5.95. The van der Waals surface area contributed by atoms with Gasteiger partial charge in [0.05, 0.1) is 12.6 Å². The largest absolute Gasteiger partial charge is 0.394 e. The van der Waals surface area contributed by atoms with E-state index in [1.165, 1.54) is 0 Å². The molecule has 0 aliphatic carbocycles. The summed E-state index contributed by atoms with van der Waals surface area (Å²) in [5, 5.41) is 9.03. The van der Waals surface area contributed by atoms with Gasteiger partial charge in [-0.1, -0.05) is 0 Å². The lowest BCUT2D eigenvalue weighted by molar-refractivity contribution is 0.0664. The van der Waals surface area contributed by atoms with Gasteiger partial charge in [0.15, 0.2) is 23.3 Å². The highest BCUT2D eigenvalue weighted by atomic mass is 19.2. The summed E-state index contributed by atoms with van der Waals surface area (Å²) in [6, 6.07) is -0.683. The molecule has 1 heterocycles. The van der Waals surface area contributed by atoms with Gasteiger partial charge in [0.2, 0.25) is 5.82 Å². The highest BCUT2D eigenvalue weighted by Crippen LogP contribution is 2.27. The molecule has 1 fully saturated rings. The van der Waals surface area contributed by atoms with E-state index in [9.17, 15) is 26.7 Å². The molecule has 1 aromatic carbocycles. The number of aliphatic hydroxyl groups is 1. The van der Waals surface area contributed by atoms with Crippen molar-refractivity contribution in [3.63, 3.8) is 0 Å². The van der Waals surface area contributed by atoms with Crippen molar-refractivity contribution in [1.29, 1.82) is 0 Å². The number of amides is 1. The van der Waals surface area contributed by atoms with Crippen molar-refractivity contribution in [3.05, 3.63) is 34.6 Å². The molecule has 1 atom stereocenters. The quantitative estimate of drug-likeness (QED) is 0.515. The molecule has 110 valence electrons. The second-order valence-corrected chi connectivity index (χ2v) is 4.42. The number of aliphatic hydroxyl groups excluding tert-OH is 1. The summed E-state index contributed by atoms with van der Waals surface area (Å²) in [6.07, 6.45) is 0.879. The standard InChI is InChI=1S/C12H10F5NO2/c13-7-6(8(14)10(16)11(17)9(7)15)12(20)18-3-1-2-5(18)4-19/h5,19H,1-4H2/t5-/m1/s1. The van der Waals surface area contributed by atoms with Crippen LogP contribution in [0.2, 0.25) is 0 Å². The second-order valence-electron chi connectivity index (χ2n) is 4.42. The van der Waals surface area contributed by atoms with E-state index in [0.717, 1.165) is 4.90 Å². The molecule has 8 heteroatoms. The summed E-state index contributed by atoms with van der Waals surface area (Å²) in [5.41, 5.74) is -1.48. The van der Waals surface area contributed by atoms with Gasteiger partial charge in [-0.15, -0.1) is 0 Å². The summed E-state index contributed by atoms with van der Waals surface area (Å²) in [5.74, 6) is -12.3. The van der Waals surface area contributed by atoms with E-state index in [0.29, 0.717) is 12.8 Å². The van der Waals surface area contributed by atoms with E-state index in [4.69, 9.17) is 5.11 Å². The first-order chi connectivity index (χ1) is 9.40. The Morgan fingerprint density at radius 1 is 1.05 bits per heavy atom. The average molecular weight is 295 g/mol. The minimum absolute atomic E-state index is 0.0869. The topological polar surface area (TPSA) is 40.5 Å². The van der Waals surface area contributed by atoms with Crippen LogP contribution in [0.15, 0.2) is 0 Å². The number of halogens is 5. The molecule has 0 bridgehead atoms. The lowest BCUT2D eigenvalue weighted by atomic mass is 10.1. The third kappa shape index (κ3) is 2.13. The van der Waals surface area contributed by atoms with Gasteiger partial charge < -0.3 is 10.0 Å². The summed E-state index contributed by atoms with van der Waals surface area (Å²) in [6.45, 7) is -0.356. The van der Waals surface area contributed by atoms with Gasteiger partial charge in [-0.25, -0.2) is 22.0 Å². The molecule has 1 amide bonds. The first kappa shape index (κ1) is 14.7. The van der Waals surface area contributed by atoms with E-state index >= 15 is 0 Å². The van der Waals surface area contributed by atoms with Gasteiger partial charge in [0, 0.05) is 6.54 Å². The number of carbonyl (C=O) groups is 1. The molecule has 0 spiro atoms. The Balaban J connectivity index is 2.50. The van der Waals surface area contributed by atoms with Crippen LogP contribution in [0.1, 0.15) is 23.2 Å². The SMILES string of the molecule is O=C(c1c(F)c(F)c(F)c(F)c1F)N1CCC[C@@H]1CO. The molecule has 1 aromatic rings. The molecule has 0 saturated carbocycles. The summed E-state index contributed by atoms with van der Waals surface area (Å²) in [4.78, 5) is 12.9. The van der Waals surface area contributed by atoms with Crippen molar-refractivity contribution >= 4 is 5.91 Å². The normalized spacial score (nSPS) is 18.7. The predicted octanol–water partition coefficient (Wildman–Crippen LogP) is 1.98. The van der Waals surface area contributed by atoms with E-state index in [-0.39, 0.29) is 6.54 Å². The van der Waals surface area contributed by atoms with Crippen molar-refractivity contribution in [1.82, 2.24) is 4.90 Å². The molecule has 0 radical (unpaired) electrons. The van der Waals surface area contributed by atoms with Crippen LogP contribution in [-0.4, -0.2) is 35.1 Å². The summed E-state index contributed by atoms with van der Waals surface area (Å²) in [7, 11) is 0. The predicted molar refractivity (Wildman–Crippen MR) is 57.4 cm³/mol. The molecule has 1 aliphatic rings. The fourth-order valence-corrected chi connectivity index (χ4v) is 2.23. The van der Waals surface area contributed by atoms with Crippen molar-refractivity contribution in [3.8, 4) is 0 Å². The fourth-order valence-electron chi connectivity index (χ4n) is 2.23. The number of likely N-dealkylation sites (tertiary alicyclic amines) is 1. The van der Waals surface area contributed by atoms with Crippen molar-refractivity contribution in [2.75, 3.05) is 13.2 Å². The lowest BCUT2D eigenvalue weighted by Crippen LogP contribution is -2.39. The number of hydrogen-bond acceptors (Lipinski definition) is 2.